The molecule has 31 heavy (non-hydrogen) atoms. The van der Waals surface area contributed by atoms with Crippen molar-refractivity contribution in [3.63, 3.8) is 0 Å². The Morgan fingerprint density at radius 1 is 1.00 bits per heavy atom. The number of likely N-dealkylation sites (tertiary alicyclic amines) is 1. The van der Waals surface area contributed by atoms with Gasteiger partial charge < -0.3 is 10.0 Å². The summed E-state index contributed by atoms with van der Waals surface area (Å²) in [6.07, 6.45) is -1.16. The molecule has 0 radical (unpaired) electrons. The van der Waals surface area contributed by atoms with E-state index in [-0.39, 0.29) is 29.6 Å². The highest BCUT2D eigenvalue weighted by molar-refractivity contribution is 7.89. The highest BCUT2D eigenvalue weighted by atomic mass is 32.2. The van der Waals surface area contributed by atoms with E-state index in [4.69, 9.17) is 0 Å². The molecule has 1 aromatic heterocycles. The SMILES string of the molecule is O=C(C(CO)c1ccc(C(F)F)cc1)N1CC(=C2CN(S(=O)(=O)c3ccccn3)C2)C1. The number of hydrogen-bond donors (Lipinski definition) is 1. The number of aliphatic hydroxyl groups is 1. The van der Waals surface area contributed by atoms with Crippen LogP contribution in [-0.2, 0) is 14.8 Å². The lowest BCUT2D eigenvalue weighted by Crippen LogP contribution is -2.52. The van der Waals surface area contributed by atoms with Crippen molar-refractivity contribution in [1.82, 2.24) is 14.2 Å². The maximum atomic E-state index is 12.7. The number of carbonyl (C=O) groups excluding carboxylic acids is 1. The lowest BCUT2D eigenvalue weighted by atomic mass is 9.92. The topological polar surface area (TPSA) is 90.8 Å². The number of benzene rings is 1. The molecule has 2 aliphatic heterocycles. The van der Waals surface area contributed by atoms with Crippen LogP contribution in [0.25, 0.3) is 0 Å². The van der Waals surface area contributed by atoms with Crippen LogP contribution in [-0.4, -0.2) is 66.4 Å². The summed E-state index contributed by atoms with van der Waals surface area (Å²) in [4.78, 5) is 18.2. The average molecular weight is 449 g/mol. The number of carbonyl (C=O) groups is 1. The van der Waals surface area contributed by atoms with E-state index in [0.717, 1.165) is 11.1 Å². The van der Waals surface area contributed by atoms with Gasteiger partial charge in [-0.1, -0.05) is 30.3 Å². The predicted molar refractivity (Wildman–Crippen MR) is 108 cm³/mol. The van der Waals surface area contributed by atoms with Gasteiger partial charge in [0.25, 0.3) is 16.4 Å². The number of aromatic nitrogens is 1. The van der Waals surface area contributed by atoms with Gasteiger partial charge in [0.2, 0.25) is 5.91 Å². The smallest absolute Gasteiger partial charge is 0.263 e. The molecule has 10 heteroatoms. The van der Waals surface area contributed by atoms with Crippen LogP contribution >= 0.6 is 0 Å². The number of pyridine rings is 1. The van der Waals surface area contributed by atoms with E-state index >= 15 is 0 Å². The highest BCUT2D eigenvalue weighted by Gasteiger charge is 2.39. The quantitative estimate of drug-likeness (QED) is 0.681. The summed E-state index contributed by atoms with van der Waals surface area (Å²) >= 11 is 0. The third-order valence-corrected chi connectivity index (χ3v) is 7.33. The fourth-order valence-electron chi connectivity index (χ4n) is 3.62. The molecule has 2 aliphatic rings. The molecule has 1 amide bonds. The molecule has 2 saturated heterocycles. The van der Waals surface area contributed by atoms with Gasteiger partial charge in [0.15, 0.2) is 5.03 Å². The average Bonchev–Trinajstić information content (AvgIpc) is 2.70. The van der Waals surface area contributed by atoms with Gasteiger partial charge in [0.1, 0.15) is 0 Å². The summed E-state index contributed by atoms with van der Waals surface area (Å²) in [7, 11) is -3.62. The van der Waals surface area contributed by atoms with Crippen LogP contribution in [0.4, 0.5) is 8.78 Å². The Morgan fingerprint density at radius 2 is 1.61 bits per heavy atom. The van der Waals surface area contributed by atoms with E-state index in [1.54, 1.807) is 17.0 Å². The standard InChI is InChI=1S/C21H21F2N3O4S/c22-20(23)15-6-4-14(5-7-15)18(13-27)21(28)25-9-16(10-25)17-11-26(12-17)31(29,30)19-3-1-2-8-24-19/h1-8,18,20,27H,9-13H2. The van der Waals surface area contributed by atoms with Gasteiger partial charge >= 0.3 is 0 Å². The number of hydrogen-bond acceptors (Lipinski definition) is 5. The molecule has 2 aromatic rings. The first-order valence-corrected chi connectivity index (χ1v) is 11.1. The third-order valence-electron chi connectivity index (χ3n) is 5.62. The molecule has 0 saturated carbocycles. The zero-order valence-electron chi connectivity index (χ0n) is 16.5. The number of sulfonamides is 1. The first-order chi connectivity index (χ1) is 14.8. The first-order valence-electron chi connectivity index (χ1n) is 9.70. The van der Waals surface area contributed by atoms with Crippen LogP contribution in [0.15, 0.2) is 64.8 Å². The van der Waals surface area contributed by atoms with Crippen molar-refractivity contribution < 1.29 is 27.1 Å². The van der Waals surface area contributed by atoms with E-state index in [1.807, 2.05) is 0 Å². The zero-order chi connectivity index (χ0) is 22.2. The van der Waals surface area contributed by atoms with Crippen molar-refractivity contribution >= 4 is 15.9 Å². The van der Waals surface area contributed by atoms with Crippen LogP contribution in [0.5, 0.6) is 0 Å². The molecule has 0 aliphatic carbocycles. The van der Waals surface area contributed by atoms with E-state index in [9.17, 15) is 27.1 Å². The summed E-state index contributed by atoms with van der Waals surface area (Å²) < 4.78 is 51.8. The van der Waals surface area contributed by atoms with Gasteiger partial charge in [-0.15, -0.1) is 0 Å². The summed E-state index contributed by atoms with van der Waals surface area (Å²) in [5.74, 6) is -1.10. The summed E-state index contributed by atoms with van der Waals surface area (Å²) in [5, 5.41) is 9.68. The maximum Gasteiger partial charge on any atom is 0.263 e. The molecule has 3 heterocycles. The first kappa shape index (κ1) is 21.5. The minimum absolute atomic E-state index is 0.00751. The summed E-state index contributed by atoms with van der Waals surface area (Å²) in [6, 6.07) is 10.1. The number of rotatable bonds is 6. The van der Waals surface area contributed by atoms with Gasteiger partial charge in [-0.3, -0.25) is 4.79 Å². The van der Waals surface area contributed by atoms with Crippen molar-refractivity contribution in [3.8, 4) is 0 Å². The molecule has 0 bridgehead atoms. The minimum atomic E-state index is -3.62. The Kier molecular flexibility index (Phi) is 5.87. The van der Waals surface area contributed by atoms with Crippen LogP contribution < -0.4 is 0 Å². The molecule has 0 spiro atoms. The fraction of sp³-hybridized carbons (Fsp3) is 0.333. The molecule has 1 atom stereocenters. The number of amides is 1. The van der Waals surface area contributed by atoms with Crippen LogP contribution in [0.2, 0.25) is 0 Å². The highest BCUT2D eigenvalue weighted by Crippen LogP contribution is 2.31. The number of halogens is 2. The second-order valence-corrected chi connectivity index (χ2v) is 9.43. The molecule has 1 aromatic carbocycles. The Labute approximate surface area is 178 Å². The van der Waals surface area contributed by atoms with E-state index < -0.39 is 29.0 Å². The number of aliphatic hydroxyl groups excluding tert-OH is 1. The minimum Gasteiger partial charge on any atom is -0.395 e. The van der Waals surface area contributed by atoms with Crippen molar-refractivity contribution in [3.05, 3.63) is 70.9 Å². The monoisotopic (exact) mass is 449 g/mol. The largest absolute Gasteiger partial charge is 0.395 e. The Morgan fingerprint density at radius 3 is 2.16 bits per heavy atom. The van der Waals surface area contributed by atoms with E-state index in [2.05, 4.69) is 4.98 Å². The van der Waals surface area contributed by atoms with E-state index in [0.29, 0.717) is 18.7 Å². The molecule has 1 N–H and O–H groups in total. The molecular formula is C21H21F2N3O4S. The van der Waals surface area contributed by atoms with Gasteiger partial charge in [0.05, 0.1) is 12.5 Å². The van der Waals surface area contributed by atoms with Gasteiger partial charge in [-0.05, 0) is 28.8 Å². The molecular weight excluding hydrogens is 428 g/mol. The van der Waals surface area contributed by atoms with Crippen molar-refractivity contribution in [2.45, 2.75) is 17.4 Å². The zero-order valence-corrected chi connectivity index (χ0v) is 17.3. The number of alkyl halides is 2. The maximum absolute atomic E-state index is 12.7. The van der Waals surface area contributed by atoms with Gasteiger partial charge in [-0.25, -0.2) is 22.2 Å². The van der Waals surface area contributed by atoms with Crippen LogP contribution in [0.1, 0.15) is 23.5 Å². The molecule has 2 fully saturated rings. The second kappa shape index (κ2) is 8.45. The summed E-state index contributed by atoms with van der Waals surface area (Å²) in [5.41, 5.74) is 2.32. The van der Waals surface area contributed by atoms with E-state index in [1.165, 1.54) is 40.8 Å². The van der Waals surface area contributed by atoms with Gasteiger partial charge in [0, 0.05) is 37.9 Å². The van der Waals surface area contributed by atoms with Gasteiger partial charge in [-0.2, -0.15) is 4.31 Å². The second-order valence-electron chi connectivity index (χ2n) is 7.55. The number of nitrogens with zero attached hydrogens (tertiary/aromatic N) is 3. The van der Waals surface area contributed by atoms with Crippen LogP contribution in [0, 0.1) is 0 Å². The summed E-state index contributed by atoms with van der Waals surface area (Å²) in [6.45, 7) is 0.865. The van der Waals surface area contributed by atoms with Crippen molar-refractivity contribution in [1.29, 1.82) is 0 Å². The molecule has 164 valence electrons. The lowest BCUT2D eigenvalue weighted by Gasteiger charge is -2.42. The molecule has 4 rings (SSSR count). The normalized spacial score (nSPS) is 18.0. The molecule has 7 nitrogen and oxygen atoms in total. The van der Waals surface area contributed by atoms with Crippen molar-refractivity contribution in [2.75, 3.05) is 32.8 Å². The predicted octanol–water partition coefficient (Wildman–Crippen LogP) is 1.94. The lowest BCUT2D eigenvalue weighted by molar-refractivity contribution is -0.135. The fourth-order valence-corrected chi connectivity index (χ4v) is 4.98. The van der Waals surface area contributed by atoms with Crippen molar-refractivity contribution in [2.24, 2.45) is 0 Å². The third kappa shape index (κ3) is 4.10. The van der Waals surface area contributed by atoms with Crippen LogP contribution in [0.3, 0.4) is 0 Å². The molecule has 1 unspecified atom stereocenters. The Hall–Kier alpha value is -2.69. The Balaban J connectivity index is 1.36. The Bertz CT molecular complexity index is 1090.